The molecule has 0 spiro atoms. The van der Waals surface area contributed by atoms with Gasteiger partial charge in [-0.25, -0.2) is 0 Å². The van der Waals surface area contributed by atoms with Gasteiger partial charge in [-0.1, -0.05) is 69.1 Å². The largest absolute Gasteiger partial charge is 0.122 e. The van der Waals surface area contributed by atoms with E-state index in [2.05, 4.69) is 52.0 Å². The highest BCUT2D eigenvalue weighted by Gasteiger charge is 2.18. The lowest BCUT2D eigenvalue weighted by Gasteiger charge is -2.23. The molecule has 0 bridgehead atoms. The van der Waals surface area contributed by atoms with Gasteiger partial charge in [-0.15, -0.1) is 11.6 Å². The minimum atomic E-state index is -0.596. The Kier molecular flexibility index (Phi) is 6.28. The van der Waals surface area contributed by atoms with Gasteiger partial charge in [0.25, 0.3) is 0 Å². The van der Waals surface area contributed by atoms with Gasteiger partial charge in [0, 0.05) is 14.7 Å². The van der Waals surface area contributed by atoms with Gasteiger partial charge in [-0.3, -0.25) is 0 Å². The third kappa shape index (κ3) is 4.85. The van der Waals surface area contributed by atoms with Gasteiger partial charge < -0.3 is 0 Å². The first kappa shape index (κ1) is 14.8. The summed E-state index contributed by atoms with van der Waals surface area (Å²) in [6.07, 6.45) is 1.25. The van der Waals surface area contributed by atoms with Gasteiger partial charge in [0.15, 0.2) is 0 Å². The Labute approximate surface area is 113 Å². The summed E-state index contributed by atoms with van der Waals surface area (Å²) in [6, 6.07) is 10.2. The molecule has 0 amide bonds. The van der Waals surface area contributed by atoms with Crippen LogP contribution in [0, 0.1) is 0 Å². The van der Waals surface area contributed by atoms with E-state index in [4.69, 9.17) is 11.6 Å². The fourth-order valence-corrected chi connectivity index (χ4v) is 6.28. The summed E-state index contributed by atoms with van der Waals surface area (Å²) in [7, 11) is -0.596. The van der Waals surface area contributed by atoms with Crippen LogP contribution < -0.4 is 0 Å². The third-order valence-electron chi connectivity index (χ3n) is 3.66. The van der Waals surface area contributed by atoms with Crippen LogP contribution in [-0.2, 0) is 12.3 Å². The predicted molar refractivity (Wildman–Crippen MR) is 81.9 cm³/mol. The SMILES string of the molecule is CC(C)[SiH](CCc1ccc(CCl)cc1)C(C)C. The Morgan fingerprint density at radius 1 is 0.941 bits per heavy atom. The quantitative estimate of drug-likeness (QED) is 0.502. The van der Waals surface area contributed by atoms with E-state index < -0.39 is 8.80 Å². The van der Waals surface area contributed by atoms with E-state index in [1.807, 2.05) is 0 Å². The maximum atomic E-state index is 5.80. The van der Waals surface area contributed by atoms with Crippen LogP contribution in [0.5, 0.6) is 0 Å². The first-order valence-corrected chi connectivity index (χ1v) is 9.36. The summed E-state index contributed by atoms with van der Waals surface area (Å²) in [5.74, 6) is 0.621. The van der Waals surface area contributed by atoms with Crippen LogP contribution in [0.1, 0.15) is 38.8 Å². The van der Waals surface area contributed by atoms with Gasteiger partial charge in [0.1, 0.15) is 0 Å². The highest BCUT2D eigenvalue weighted by Crippen LogP contribution is 2.25. The van der Waals surface area contributed by atoms with Crippen molar-refractivity contribution in [1.29, 1.82) is 0 Å². The molecule has 0 aliphatic heterocycles. The highest BCUT2D eigenvalue weighted by atomic mass is 35.5. The lowest BCUT2D eigenvalue weighted by molar-refractivity contribution is 0.903. The molecular formula is C15H25ClSi. The van der Waals surface area contributed by atoms with Crippen LogP contribution in [0.25, 0.3) is 0 Å². The number of benzene rings is 1. The Morgan fingerprint density at radius 3 is 1.82 bits per heavy atom. The van der Waals surface area contributed by atoms with Gasteiger partial charge in [0.05, 0.1) is 0 Å². The number of alkyl halides is 1. The molecule has 0 aliphatic carbocycles. The molecule has 0 radical (unpaired) electrons. The highest BCUT2D eigenvalue weighted by molar-refractivity contribution is 6.61. The van der Waals surface area contributed by atoms with Crippen molar-refractivity contribution in [2.75, 3.05) is 0 Å². The summed E-state index contributed by atoms with van der Waals surface area (Å²) < 4.78 is 0. The molecule has 0 saturated carbocycles. The van der Waals surface area contributed by atoms with Crippen LogP contribution in [0.3, 0.4) is 0 Å². The van der Waals surface area contributed by atoms with Crippen LogP contribution in [0.4, 0.5) is 0 Å². The fraction of sp³-hybridized carbons (Fsp3) is 0.600. The fourth-order valence-electron chi connectivity index (χ4n) is 2.56. The van der Waals surface area contributed by atoms with Gasteiger partial charge in [0.2, 0.25) is 0 Å². The monoisotopic (exact) mass is 268 g/mol. The van der Waals surface area contributed by atoms with Crippen LogP contribution >= 0.6 is 11.6 Å². The van der Waals surface area contributed by atoms with Gasteiger partial charge >= 0.3 is 0 Å². The molecule has 0 N–H and O–H groups in total. The lowest BCUT2D eigenvalue weighted by atomic mass is 10.1. The van der Waals surface area contributed by atoms with E-state index in [-0.39, 0.29) is 0 Å². The predicted octanol–water partition coefficient (Wildman–Crippen LogP) is 5.02. The zero-order chi connectivity index (χ0) is 12.8. The number of hydrogen-bond acceptors (Lipinski definition) is 0. The van der Waals surface area contributed by atoms with Crippen molar-refractivity contribution in [3.05, 3.63) is 35.4 Å². The minimum Gasteiger partial charge on any atom is -0.122 e. The molecule has 0 atom stereocenters. The summed E-state index contributed by atoms with van der Waals surface area (Å²) in [6.45, 7) is 9.59. The molecule has 1 aromatic rings. The molecule has 1 rings (SSSR count). The van der Waals surface area contributed by atoms with Crippen molar-refractivity contribution in [1.82, 2.24) is 0 Å². The smallest absolute Gasteiger partial charge is 0.0474 e. The maximum absolute atomic E-state index is 5.80. The van der Waals surface area contributed by atoms with Crippen molar-refractivity contribution in [3.8, 4) is 0 Å². The number of rotatable bonds is 6. The molecule has 2 heteroatoms. The van der Waals surface area contributed by atoms with Crippen molar-refractivity contribution in [2.45, 2.75) is 57.1 Å². The molecule has 0 unspecified atom stereocenters. The van der Waals surface area contributed by atoms with E-state index in [0.717, 1.165) is 11.1 Å². The zero-order valence-electron chi connectivity index (χ0n) is 11.5. The summed E-state index contributed by atoms with van der Waals surface area (Å²) in [5.41, 5.74) is 4.52. The van der Waals surface area contributed by atoms with Crippen molar-refractivity contribution in [3.63, 3.8) is 0 Å². The standard InChI is InChI=1S/C15H25ClSi/c1-12(2)17(13(3)4)10-9-14-5-7-15(11-16)8-6-14/h5-8,12-13,17H,9-11H2,1-4H3. The average Bonchev–Trinajstić information content (AvgIpc) is 2.29. The first-order chi connectivity index (χ1) is 8.04. The molecule has 0 aromatic heterocycles. The maximum Gasteiger partial charge on any atom is 0.0474 e. The number of hydrogen-bond donors (Lipinski definition) is 0. The summed E-state index contributed by atoms with van der Waals surface area (Å²) >= 11 is 5.80. The number of halogens is 1. The third-order valence-corrected chi connectivity index (χ3v) is 8.35. The molecule has 0 fully saturated rings. The van der Waals surface area contributed by atoms with E-state index in [1.165, 1.54) is 23.6 Å². The van der Waals surface area contributed by atoms with E-state index in [0.29, 0.717) is 5.88 Å². The lowest BCUT2D eigenvalue weighted by Crippen LogP contribution is -2.21. The van der Waals surface area contributed by atoms with Crippen LogP contribution in [0.2, 0.25) is 17.1 Å². The number of aryl methyl sites for hydroxylation is 1. The molecule has 1 aromatic carbocycles. The summed E-state index contributed by atoms with van der Waals surface area (Å²) in [5, 5.41) is 0. The van der Waals surface area contributed by atoms with Crippen molar-refractivity contribution < 1.29 is 0 Å². The van der Waals surface area contributed by atoms with Crippen molar-refractivity contribution in [2.24, 2.45) is 0 Å². The molecular weight excluding hydrogens is 244 g/mol. The minimum absolute atomic E-state index is 0.596. The second-order valence-corrected chi connectivity index (χ2v) is 10.5. The Bertz CT molecular complexity index is 308. The second kappa shape index (κ2) is 7.23. The van der Waals surface area contributed by atoms with Gasteiger partial charge in [-0.2, -0.15) is 0 Å². The molecule has 0 saturated heterocycles. The summed E-state index contributed by atoms with van der Waals surface area (Å²) in [4.78, 5) is 0. The van der Waals surface area contributed by atoms with Crippen molar-refractivity contribution >= 4 is 20.4 Å². The van der Waals surface area contributed by atoms with E-state index in [9.17, 15) is 0 Å². The van der Waals surface area contributed by atoms with E-state index in [1.54, 1.807) is 0 Å². The zero-order valence-corrected chi connectivity index (χ0v) is 13.5. The topological polar surface area (TPSA) is 0 Å². The Morgan fingerprint density at radius 2 is 1.41 bits per heavy atom. The molecule has 17 heavy (non-hydrogen) atoms. The van der Waals surface area contributed by atoms with Gasteiger partial charge in [-0.05, 0) is 17.5 Å². The van der Waals surface area contributed by atoms with Crippen LogP contribution in [0.15, 0.2) is 24.3 Å². The average molecular weight is 269 g/mol. The second-order valence-electron chi connectivity index (χ2n) is 5.64. The molecule has 0 aliphatic rings. The Balaban J connectivity index is 2.53. The Hall–Kier alpha value is -0.273. The molecule has 0 nitrogen and oxygen atoms in total. The van der Waals surface area contributed by atoms with Crippen LogP contribution in [-0.4, -0.2) is 8.80 Å². The van der Waals surface area contributed by atoms with E-state index >= 15 is 0 Å². The first-order valence-electron chi connectivity index (χ1n) is 6.68. The molecule has 96 valence electrons. The molecule has 0 heterocycles. The normalized spacial score (nSPS) is 11.8.